The molecule has 2 rings (SSSR count). The second-order valence-electron chi connectivity index (χ2n) is 6.97. The molecule has 2 unspecified atom stereocenters. The summed E-state index contributed by atoms with van der Waals surface area (Å²) in [6, 6.07) is -0.0397. The van der Waals surface area contributed by atoms with E-state index in [9.17, 15) is 9.59 Å². The molecule has 0 heterocycles. The Balaban J connectivity index is 1.69. The Hall–Kier alpha value is -1.10. The molecule has 0 aliphatic heterocycles. The minimum Gasteiger partial charge on any atom is -0.396 e. The second kappa shape index (κ2) is 8.51. The van der Waals surface area contributed by atoms with Gasteiger partial charge in [0.2, 0.25) is 11.8 Å². The van der Waals surface area contributed by atoms with Gasteiger partial charge < -0.3 is 15.7 Å². The molecule has 0 saturated heterocycles. The van der Waals surface area contributed by atoms with E-state index in [0.717, 1.165) is 38.5 Å². The van der Waals surface area contributed by atoms with Crippen molar-refractivity contribution < 1.29 is 14.7 Å². The molecule has 2 atom stereocenters. The molecule has 0 spiro atoms. The van der Waals surface area contributed by atoms with Gasteiger partial charge in [0.05, 0.1) is 0 Å². The van der Waals surface area contributed by atoms with E-state index < -0.39 is 0 Å². The van der Waals surface area contributed by atoms with Crippen LogP contribution in [0, 0.1) is 11.8 Å². The van der Waals surface area contributed by atoms with E-state index in [0.29, 0.717) is 18.8 Å². The summed E-state index contributed by atoms with van der Waals surface area (Å²) in [6.07, 6.45) is 8.67. The lowest BCUT2D eigenvalue weighted by Crippen LogP contribution is -2.43. The number of amides is 2. The molecule has 5 nitrogen and oxygen atoms in total. The highest BCUT2D eigenvalue weighted by atomic mass is 16.3. The molecule has 2 aliphatic carbocycles. The Morgan fingerprint density at radius 2 is 1.77 bits per heavy atom. The van der Waals surface area contributed by atoms with Crippen molar-refractivity contribution in [2.75, 3.05) is 6.61 Å². The minimum absolute atomic E-state index is 0.0261. The number of aliphatic hydroxyl groups is 1. The Bertz CT molecular complexity index is 376. The van der Waals surface area contributed by atoms with Crippen molar-refractivity contribution in [2.24, 2.45) is 11.8 Å². The molecule has 2 amide bonds. The van der Waals surface area contributed by atoms with Gasteiger partial charge in [-0.05, 0) is 44.9 Å². The molecule has 3 N–H and O–H groups in total. The van der Waals surface area contributed by atoms with E-state index in [1.54, 1.807) is 0 Å². The first kappa shape index (κ1) is 17.3. The van der Waals surface area contributed by atoms with Gasteiger partial charge in [0.1, 0.15) is 0 Å². The summed E-state index contributed by atoms with van der Waals surface area (Å²) in [4.78, 5) is 24.2. The summed E-state index contributed by atoms with van der Waals surface area (Å²) in [5.74, 6) is 0.743. The van der Waals surface area contributed by atoms with Crippen LogP contribution in [0.1, 0.15) is 64.7 Å². The van der Waals surface area contributed by atoms with Gasteiger partial charge >= 0.3 is 0 Å². The van der Waals surface area contributed by atoms with E-state index in [-0.39, 0.29) is 36.4 Å². The second-order valence-corrected chi connectivity index (χ2v) is 6.97. The maximum Gasteiger partial charge on any atom is 0.223 e. The van der Waals surface area contributed by atoms with Crippen molar-refractivity contribution in [1.29, 1.82) is 0 Å². The quantitative estimate of drug-likeness (QED) is 0.639. The number of hydrogen-bond acceptors (Lipinski definition) is 3. The van der Waals surface area contributed by atoms with E-state index in [2.05, 4.69) is 10.6 Å². The number of rotatable bonds is 8. The first-order valence-electron chi connectivity index (χ1n) is 8.80. The number of hydrogen-bond donors (Lipinski definition) is 3. The van der Waals surface area contributed by atoms with E-state index >= 15 is 0 Å². The van der Waals surface area contributed by atoms with E-state index in [1.807, 2.05) is 6.92 Å². The number of carbonyl (C=O) groups is 2. The van der Waals surface area contributed by atoms with Crippen LogP contribution in [-0.4, -0.2) is 35.6 Å². The molecule has 22 heavy (non-hydrogen) atoms. The molecule has 126 valence electrons. The number of carbonyl (C=O) groups excluding carboxylic acids is 2. The Morgan fingerprint density at radius 3 is 2.36 bits per heavy atom. The molecule has 2 aliphatic rings. The van der Waals surface area contributed by atoms with Gasteiger partial charge in [0.15, 0.2) is 0 Å². The molecule has 0 bridgehead atoms. The average molecular weight is 310 g/mol. The fraction of sp³-hybridized carbons (Fsp3) is 0.882. The molecule has 2 saturated carbocycles. The maximum atomic E-state index is 12.2. The summed E-state index contributed by atoms with van der Waals surface area (Å²) in [7, 11) is 0. The molecule has 2 fully saturated rings. The third kappa shape index (κ3) is 5.59. The monoisotopic (exact) mass is 310 g/mol. The molecule has 0 aromatic rings. The van der Waals surface area contributed by atoms with E-state index in [4.69, 9.17) is 5.11 Å². The molecule has 5 heteroatoms. The van der Waals surface area contributed by atoms with Crippen LogP contribution in [0.3, 0.4) is 0 Å². The number of aliphatic hydroxyl groups excluding tert-OH is 1. The van der Waals surface area contributed by atoms with Gasteiger partial charge in [-0.3, -0.25) is 9.59 Å². The standard InChI is InChI=1S/C17H30N2O3/c1-12(18-17(22)14-5-3-2-4-6-14)11-16(21)19-15(9-10-20)13-7-8-13/h12-15,20H,2-11H2,1H3,(H,18,22)(H,19,21). The Morgan fingerprint density at radius 1 is 1.09 bits per heavy atom. The lowest BCUT2D eigenvalue weighted by molar-refractivity contribution is -0.127. The van der Waals surface area contributed by atoms with Crippen molar-refractivity contribution in [1.82, 2.24) is 10.6 Å². The van der Waals surface area contributed by atoms with Crippen molar-refractivity contribution in [2.45, 2.75) is 76.8 Å². The zero-order chi connectivity index (χ0) is 15.9. The largest absolute Gasteiger partial charge is 0.396 e. The van der Waals surface area contributed by atoms with Crippen LogP contribution in [-0.2, 0) is 9.59 Å². The molecular weight excluding hydrogens is 280 g/mol. The van der Waals surface area contributed by atoms with Crippen LogP contribution in [0.15, 0.2) is 0 Å². The predicted octanol–water partition coefficient (Wildman–Crippen LogP) is 1.74. The molecule has 0 aromatic heterocycles. The Kier molecular flexibility index (Phi) is 6.68. The highest BCUT2D eigenvalue weighted by Gasteiger charge is 2.32. The fourth-order valence-corrected chi connectivity index (χ4v) is 3.38. The normalized spacial score (nSPS) is 21.9. The first-order chi connectivity index (χ1) is 10.6. The van der Waals surface area contributed by atoms with E-state index in [1.165, 1.54) is 6.42 Å². The SMILES string of the molecule is CC(CC(=O)NC(CCO)C1CC1)NC(=O)C1CCCCC1. The lowest BCUT2D eigenvalue weighted by atomic mass is 9.88. The van der Waals surface area contributed by atoms with Crippen LogP contribution in [0.5, 0.6) is 0 Å². The highest BCUT2D eigenvalue weighted by Crippen LogP contribution is 2.33. The summed E-state index contributed by atoms with van der Waals surface area (Å²) in [5.41, 5.74) is 0. The average Bonchev–Trinajstić information content (AvgIpc) is 3.32. The zero-order valence-corrected chi connectivity index (χ0v) is 13.6. The minimum atomic E-state index is -0.136. The summed E-state index contributed by atoms with van der Waals surface area (Å²) < 4.78 is 0. The van der Waals surface area contributed by atoms with Crippen molar-refractivity contribution in [3.63, 3.8) is 0 Å². The predicted molar refractivity (Wildman–Crippen MR) is 85.2 cm³/mol. The zero-order valence-electron chi connectivity index (χ0n) is 13.6. The summed E-state index contributed by atoms with van der Waals surface area (Å²) in [5, 5.41) is 15.1. The summed E-state index contributed by atoms with van der Waals surface area (Å²) >= 11 is 0. The van der Waals surface area contributed by atoms with Crippen LogP contribution in [0.4, 0.5) is 0 Å². The van der Waals surface area contributed by atoms with Crippen LogP contribution in [0.2, 0.25) is 0 Å². The lowest BCUT2D eigenvalue weighted by Gasteiger charge is -2.24. The van der Waals surface area contributed by atoms with Gasteiger partial charge in [-0.15, -0.1) is 0 Å². The van der Waals surface area contributed by atoms with Crippen molar-refractivity contribution >= 4 is 11.8 Å². The molecule has 0 aromatic carbocycles. The number of nitrogens with one attached hydrogen (secondary N) is 2. The van der Waals surface area contributed by atoms with Gasteiger partial charge in [-0.1, -0.05) is 19.3 Å². The van der Waals surface area contributed by atoms with Gasteiger partial charge in [0.25, 0.3) is 0 Å². The molecular formula is C17H30N2O3. The Labute approximate surface area is 133 Å². The first-order valence-corrected chi connectivity index (χ1v) is 8.80. The fourth-order valence-electron chi connectivity index (χ4n) is 3.38. The highest BCUT2D eigenvalue weighted by molar-refractivity contribution is 5.81. The topological polar surface area (TPSA) is 78.4 Å². The van der Waals surface area contributed by atoms with Gasteiger partial charge in [-0.2, -0.15) is 0 Å². The third-order valence-corrected chi connectivity index (χ3v) is 4.83. The van der Waals surface area contributed by atoms with Crippen LogP contribution in [0.25, 0.3) is 0 Å². The van der Waals surface area contributed by atoms with Gasteiger partial charge in [0, 0.05) is 31.0 Å². The van der Waals surface area contributed by atoms with Crippen LogP contribution >= 0.6 is 0 Å². The van der Waals surface area contributed by atoms with Crippen LogP contribution < -0.4 is 10.6 Å². The van der Waals surface area contributed by atoms with Crippen molar-refractivity contribution in [3.8, 4) is 0 Å². The third-order valence-electron chi connectivity index (χ3n) is 4.83. The maximum absolute atomic E-state index is 12.2. The molecule has 0 radical (unpaired) electrons. The smallest absolute Gasteiger partial charge is 0.223 e. The van der Waals surface area contributed by atoms with Gasteiger partial charge in [-0.25, -0.2) is 0 Å². The summed E-state index contributed by atoms with van der Waals surface area (Å²) in [6.45, 7) is 1.99. The van der Waals surface area contributed by atoms with Crippen molar-refractivity contribution in [3.05, 3.63) is 0 Å².